The van der Waals surface area contributed by atoms with Crippen molar-refractivity contribution in [1.82, 2.24) is 14.5 Å². The Bertz CT molecular complexity index is 638. The largest absolute Gasteiger partial charge is 0.514 e. The van der Waals surface area contributed by atoms with E-state index in [0.29, 0.717) is 0 Å². The molecule has 2 aromatic heterocycles. The molecule has 0 aliphatic carbocycles. The van der Waals surface area contributed by atoms with Crippen molar-refractivity contribution in [2.24, 2.45) is 0 Å². The molecule has 0 N–H and O–H groups in total. The van der Waals surface area contributed by atoms with Gasteiger partial charge in [0.2, 0.25) is 0 Å². The van der Waals surface area contributed by atoms with Crippen molar-refractivity contribution in [3.63, 3.8) is 0 Å². The molecule has 5 nitrogen and oxygen atoms in total. The van der Waals surface area contributed by atoms with E-state index in [2.05, 4.69) is 25.9 Å². The molecule has 1 aliphatic heterocycles. The molecule has 0 atom stereocenters. The number of nitrogens with zero attached hydrogens (tertiary/aromatic N) is 3. The Labute approximate surface area is 133 Å². The van der Waals surface area contributed by atoms with E-state index in [1.807, 2.05) is 50.6 Å². The molecule has 7 heteroatoms. The summed E-state index contributed by atoms with van der Waals surface area (Å²) in [5, 5.41) is 0. The fraction of sp³-hybridized carbons (Fsp3) is 0.429. The Morgan fingerprint density at radius 1 is 1.10 bits per heavy atom. The number of pyridine rings is 1. The Morgan fingerprint density at radius 2 is 1.76 bits per heavy atom. The van der Waals surface area contributed by atoms with Gasteiger partial charge in [-0.05, 0) is 55.8 Å². The van der Waals surface area contributed by atoms with Crippen LogP contribution >= 0.6 is 15.9 Å². The van der Waals surface area contributed by atoms with Crippen molar-refractivity contribution < 1.29 is 9.31 Å². The summed E-state index contributed by atoms with van der Waals surface area (Å²) in [6.45, 7) is 8.13. The quantitative estimate of drug-likeness (QED) is 0.781. The molecular weight excluding hydrogens is 333 g/mol. The molecule has 1 saturated heterocycles. The smallest absolute Gasteiger partial charge is 0.398 e. The first kappa shape index (κ1) is 14.7. The second kappa shape index (κ2) is 4.93. The second-order valence-corrected chi connectivity index (χ2v) is 6.95. The van der Waals surface area contributed by atoms with Gasteiger partial charge in [-0.15, -0.1) is 0 Å². The van der Waals surface area contributed by atoms with Crippen molar-refractivity contribution in [1.29, 1.82) is 0 Å². The van der Waals surface area contributed by atoms with Crippen LogP contribution in [-0.4, -0.2) is 32.9 Å². The van der Waals surface area contributed by atoms with Crippen LogP contribution in [0.25, 0.3) is 5.69 Å². The first-order valence-electron chi connectivity index (χ1n) is 6.80. The molecule has 0 radical (unpaired) electrons. The lowest BCUT2D eigenvalue weighted by Gasteiger charge is -2.32. The van der Waals surface area contributed by atoms with Gasteiger partial charge >= 0.3 is 7.12 Å². The molecule has 21 heavy (non-hydrogen) atoms. The standard InChI is InChI=1S/C14H17BBrN3O2/c1-13(2)14(3,4)21-15(20-13)11-6-5-10(7-17-11)19-8-12(16)18-9-19/h5-9H,1-4H3. The lowest BCUT2D eigenvalue weighted by molar-refractivity contribution is 0.00578. The van der Waals surface area contributed by atoms with Crippen LogP contribution in [0.15, 0.2) is 35.5 Å². The van der Waals surface area contributed by atoms with Crippen molar-refractivity contribution in [3.05, 3.63) is 35.5 Å². The van der Waals surface area contributed by atoms with E-state index in [1.54, 1.807) is 12.5 Å². The highest BCUT2D eigenvalue weighted by Gasteiger charge is 2.52. The lowest BCUT2D eigenvalue weighted by Crippen LogP contribution is -2.41. The average Bonchev–Trinajstić information content (AvgIpc) is 2.92. The van der Waals surface area contributed by atoms with Crippen LogP contribution in [0.4, 0.5) is 0 Å². The molecule has 0 unspecified atom stereocenters. The van der Waals surface area contributed by atoms with E-state index < -0.39 is 7.12 Å². The highest BCUT2D eigenvalue weighted by molar-refractivity contribution is 9.10. The maximum atomic E-state index is 5.99. The summed E-state index contributed by atoms with van der Waals surface area (Å²) >= 11 is 3.33. The average molecular weight is 350 g/mol. The van der Waals surface area contributed by atoms with Crippen LogP contribution in [-0.2, 0) is 9.31 Å². The topological polar surface area (TPSA) is 49.2 Å². The molecule has 0 aromatic carbocycles. The predicted molar refractivity (Wildman–Crippen MR) is 84.8 cm³/mol. The molecule has 1 aliphatic rings. The highest BCUT2D eigenvalue weighted by Crippen LogP contribution is 2.36. The van der Waals surface area contributed by atoms with Gasteiger partial charge in [-0.1, -0.05) is 0 Å². The summed E-state index contributed by atoms with van der Waals surface area (Å²) in [6.07, 6.45) is 5.40. The second-order valence-electron chi connectivity index (χ2n) is 6.13. The van der Waals surface area contributed by atoms with E-state index >= 15 is 0 Å². The summed E-state index contributed by atoms with van der Waals surface area (Å²) < 4.78 is 14.7. The van der Waals surface area contributed by atoms with Crippen LogP contribution in [0, 0.1) is 0 Å². The normalized spacial score (nSPS) is 20.0. The van der Waals surface area contributed by atoms with E-state index in [-0.39, 0.29) is 11.2 Å². The molecule has 3 heterocycles. The van der Waals surface area contributed by atoms with Crippen LogP contribution < -0.4 is 5.59 Å². The van der Waals surface area contributed by atoms with Crippen LogP contribution in [0.3, 0.4) is 0 Å². The third kappa shape index (κ3) is 2.65. The van der Waals surface area contributed by atoms with Gasteiger partial charge in [0.25, 0.3) is 0 Å². The minimum absolute atomic E-state index is 0.354. The molecule has 0 saturated carbocycles. The molecule has 110 valence electrons. The van der Waals surface area contributed by atoms with Crippen molar-refractivity contribution >= 4 is 28.6 Å². The van der Waals surface area contributed by atoms with E-state index in [1.165, 1.54) is 0 Å². The Balaban J connectivity index is 1.83. The first-order chi connectivity index (χ1) is 9.78. The van der Waals surface area contributed by atoms with Gasteiger partial charge in [0.15, 0.2) is 0 Å². The molecule has 0 bridgehead atoms. The predicted octanol–water partition coefficient (Wildman–Crippen LogP) is 2.33. The Kier molecular flexibility index (Phi) is 3.46. The maximum absolute atomic E-state index is 5.99. The zero-order chi connectivity index (χ0) is 15.3. The summed E-state index contributed by atoms with van der Waals surface area (Å²) in [4.78, 5) is 8.60. The fourth-order valence-electron chi connectivity index (χ4n) is 2.09. The van der Waals surface area contributed by atoms with Crippen LogP contribution in [0.2, 0.25) is 0 Å². The van der Waals surface area contributed by atoms with Crippen molar-refractivity contribution in [3.8, 4) is 5.69 Å². The van der Waals surface area contributed by atoms with E-state index in [0.717, 1.165) is 15.9 Å². The minimum atomic E-state index is -0.432. The van der Waals surface area contributed by atoms with E-state index in [9.17, 15) is 0 Å². The lowest BCUT2D eigenvalue weighted by atomic mass is 9.84. The van der Waals surface area contributed by atoms with Crippen molar-refractivity contribution in [2.45, 2.75) is 38.9 Å². The van der Waals surface area contributed by atoms with Crippen molar-refractivity contribution in [2.75, 3.05) is 0 Å². The molecule has 0 amide bonds. The first-order valence-corrected chi connectivity index (χ1v) is 7.59. The zero-order valence-electron chi connectivity index (χ0n) is 12.5. The number of imidazole rings is 1. The van der Waals surface area contributed by atoms with Gasteiger partial charge in [0.05, 0.1) is 28.7 Å². The third-order valence-corrected chi connectivity index (χ3v) is 4.52. The van der Waals surface area contributed by atoms with Gasteiger partial charge in [-0.25, -0.2) is 4.98 Å². The maximum Gasteiger partial charge on any atom is 0.514 e. The summed E-state index contributed by atoms with van der Waals surface area (Å²) in [5.74, 6) is 0. The van der Waals surface area contributed by atoms with Gasteiger partial charge in [0, 0.05) is 6.20 Å². The monoisotopic (exact) mass is 349 g/mol. The molecule has 0 spiro atoms. The number of hydrogen-bond donors (Lipinski definition) is 0. The fourth-order valence-corrected chi connectivity index (χ4v) is 2.41. The summed E-state index contributed by atoms with van der Waals surface area (Å²) in [7, 11) is -0.432. The van der Waals surface area contributed by atoms with Gasteiger partial charge < -0.3 is 13.9 Å². The number of halogens is 1. The zero-order valence-corrected chi connectivity index (χ0v) is 14.1. The van der Waals surface area contributed by atoms with E-state index in [4.69, 9.17) is 9.31 Å². The van der Waals surface area contributed by atoms with Crippen LogP contribution in [0.1, 0.15) is 27.7 Å². The summed E-state index contributed by atoms with van der Waals surface area (Å²) in [5.41, 5.74) is 1.01. The molecule has 2 aromatic rings. The SMILES string of the molecule is CC1(C)OB(c2ccc(-n3cnc(Br)c3)cn2)OC1(C)C. The number of rotatable bonds is 2. The number of aromatic nitrogens is 3. The van der Waals surface area contributed by atoms with Crippen LogP contribution in [0.5, 0.6) is 0 Å². The van der Waals surface area contributed by atoms with Gasteiger partial charge in [0.1, 0.15) is 10.9 Å². The third-order valence-electron chi connectivity index (χ3n) is 4.11. The van der Waals surface area contributed by atoms with Gasteiger partial charge in [-0.2, -0.15) is 0 Å². The highest BCUT2D eigenvalue weighted by atomic mass is 79.9. The number of hydrogen-bond acceptors (Lipinski definition) is 4. The summed E-state index contributed by atoms with van der Waals surface area (Å²) in [6, 6.07) is 3.90. The van der Waals surface area contributed by atoms with Gasteiger partial charge in [-0.3, -0.25) is 4.98 Å². The minimum Gasteiger partial charge on any atom is -0.398 e. The Morgan fingerprint density at radius 3 is 2.24 bits per heavy atom. The molecule has 3 rings (SSSR count). The molecule has 1 fully saturated rings. The molecular formula is C14H17BBrN3O2. The Hall–Kier alpha value is -1.18.